The molecule has 0 spiro atoms. The first-order valence-corrected chi connectivity index (χ1v) is 8.85. The van der Waals surface area contributed by atoms with Gasteiger partial charge in [-0.15, -0.1) is 0 Å². The Bertz CT molecular complexity index is 578. The van der Waals surface area contributed by atoms with E-state index in [2.05, 4.69) is 24.1 Å². The molecule has 0 radical (unpaired) electrons. The summed E-state index contributed by atoms with van der Waals surface area (Å²) in [5, 5.41) is 3.06. The number of nitrogens with one attached hydrogen (secondary N) is 1. The molecule has 1 aliphatic rings. The largest absolute Gasteiger partial charge is 0.416 e. The van der Waals surface area contributed by atoms with E-state index in [1.165, 1.54) is 12.1 Å². The van der Waals surface area contributed by atoms with E-state index in [0.29, 0.717) is 18.0 Å². The summed E-state index contributed by atoms with van der Waals surface area (Å²) >= 11 is 0. The van der Waals surface area contributed by atoms with Crippen molar-refractivity contribution in [1.82, 2.24) is 10.2 Å². The topological polar surface area (TPSA) is 32.3 Å². The zero-order valence-corrected chi connectivity index (χ0v) is 15.1. The molecule has 0 aliphatic carbocycles. The summed E-state index contributed by atoms with van der Waals surface area (Å²) in [7, 11) is 0. The van der Waals surface area contributed by atoms with Gasteiger partial charge in [-0.1, -0.05) is 32.0 Å². The summed E-state index contributed by atoms with van der Waals surface area (Å²) in [4.78, 5) is 14.4. The highest BCUT2D eigenvalue weighted by molar-refractivity contribution is 5.79. The smallest absolute Gasteiger partial charge is 0.353 e. The molecule has 1 amide bonds. The van der Waals surface area contributed by atoms with Crippen LogP contribution < -0.4 is 5.32 Å². The maximum Gasteiger partial charge on any atom is 0.416 e. The normalized spacial score (nSPS) is 18.4. The van der Waals surface area contributed by atoms with Crippen LogP contribution in [0.5, 0.6) is 0 Å². The maximum absolute atomic E-state index is 12.8. The number of carbonyl (C=O) groups excluding carboxylic acids is 1. The molecule has 1 aromatic rings. The molecule has 6 heteroatoms. The van der Waals surface area contributed by atoms with Crippen molar-refractivity contribution in [2.75, 3.05) is 13.1 Å². The van der Waals surface area contributed by atoms with Crippen molar-refractivity contribution in [2.45, 2.75) is 52.4 Å². The molecule has 0 aromatic heterocycles. The van der Waals surface area contributed by atoms with Crippen molar-refractivity contribution in [1.29, 1.82) is 0 Å². The van der Waals surface area contributed by atoms with Crippen molar-refractivity contribution < 1.29 is 18.0 Å². The van der Waals surface area contributed by atoms with Crippen molar-refractivity contribution >= 4 is 5.91 Å². The average molecular weight is 356 g/mol. The van der Waals surface area contributed by atoms with E-state index in [1.807, 2.05) is 6.92 Å². The van der Waals surface area contributed by atoms with Gasteiger partial charge < -0.3 is 5.32 Å². The molecule has 0 saturated carbocycles. The monoisotopic (exact) mass is 356 g/mol. The molecular weight excluding hydrogens is 329 g/mol. The molecule has 1 saturated heterocycles. The number of benzene rings is 1. The number of hydrogen-bond donors (Lipinski definition) is 1. The van der Waals surface area contributed by atoms with Crippen LogP contribution in [0.3, 0.4) is 0 Å². The van der Waals surface area contributed by atoms with Crippen LogP contribution in [0.4, 0.5) is 13.2 Å². The zero-order valence-electron chi connectivity index (χ0n) is 15.1. The van der Waals surface area contributed by atoms with Gasteiger partial charge in [-0.2, -0.15) is 13.2 Å². The van der Waals surface area contributed by atoms with Gasteiger partial charge in [-0.3, -0.25) is 9.69 Å². The fraction of sp³-hybridized carbons (Fsp3) is 0.632. The molecular formula is C19H27F3N2O. The van der Waals surface area contributed by atoms with Crippen molar-refractivity contribution in [3.63, 3.8) is 0 Å². The number of alkyl halides is 3. The number of rotatable bonds is 5. The van der Waals surface area contributed by atoms with Gasteiger partial charge >= 0.3 is 6.18 Å². The molecule has 1 fully saturated rings. The standard InChI is InChI=1S/C19H27F3N2O/c1-13(2)14(3)23-18(25)16-7-9-24(10-8-16)12-15-5-4-6-17(11-15)19(20,21)22/h4-6,11,13-14,16H,7-10,12H2,1-3H3,(H,23,25)/t14-/m0/s1. The van der Waals surface area contributed by atoms with E-state index >= 15 is 0 Å². The zero-order chi connectivity index (χ0) is 18.6. The van der Waals surface area contributed by atoms with E-state index in [1.54, 1.807) is 6.07 Å². The second-order valence-corrected chi connectivity index (χ2v) is 7.29. The van der Waals surface area contributed by atoms with Gasteiger partial charge in [0.1, 0.15) is 0 Å². The van der Waals surface area contributed by atoms with Gasteiger partial charge in [-0.25, -0.2) is 0 Å². The van der Waals surface area contributed by atoms with Gasteiger partial charge in [0.2, 0.25) is 5.91 Å². The minimum absolute atomic E-state index is 0.000963. The van der Waals surface area contributed by atoms with Crippen LogP contribution in [-0.4, -0.2) is 29.9 Å². The Morgan fingerprint density at radius 1 is 1.24 bits per heavy atom. The minimum atomic E-state index is -4.31. The Kier molecular flexibility index (Phi) is 6.49. The van der Waals surface area contributed by atoms with Gasteiger partial charge in [0.05, 0.1) is 5.56 Å². The lowest BCUT2D eigenvalue weighted by Crippen LogP contribution is -2.44. The summed E-state index contributed by atoms with van der Waals surface area (Å²) in [6.07, 6.45) is -2.82. The van der Waals surface area contributed by atoms with E-state index in [4.69, 9.17) is 0 Å². The number of hydrogen-bond acceptors (Lipinski definition) is 2. The lowest BCUT2D eigenvalue weighted by Gasteiger charge is -2.32. The van der Waals surface area contributed by atoms with E-state index < -0.39 is 11.7 Å². The molecule has 140 valence electrons. The highest BCUT2D eigenvalue weighted by atomic mass is 19.4. The molecule has 1 atom stereocenters. The Labute approximate surface area is 147 Å². The summed E-state index contributed by atoms with van der Waals surface area (Å²) in [5.74, 6) is 0.490. The molecule has 2 rings (SSSR count). The number of piperidine rings is 1. The Morgan fingerprint density at radius 2 is 1.88 bits per heavy atom. The van der Waals surface area contributed by atoms with E-state index in [0.717, 1.165) is 32.0 Å². The second kappa shape index (κ2) is 8.21. The lowest BCUT2D eigenvalue weighted by atomic mass is 9.94. The quantitative estimate of drug-likeness (QED) is 0.862. The third-order valence-corrected chi connectivity index (χ3v) is 4.99. The van der Waals surface area contributed by atoms with Gasteiger partial charge in [0, 0.05) is 18.5 Å². The minimum Gasteiger partial charge on any atom is -0.353 e. The Morgan fingerprint density at radius 3 is 2.44 bits per heavy atom. The number of halogens is 3. The van der Waals surface area contributed by atoms with Crippen LogP contribution in [-0.2, 0) is 17.5 Å². The lowest BCUT2D eigenvalue weighted by molar-refractivity contribution is -0.137. The number of carbonyl (C=O) groups is 1. The van der Waals surface area contributed by atoms with Crippen LogP contribution in [0.2, 0.25) is 0 Å². The van der Waals surface area contributed by atoms with Gasteiger partial charge in [-0.05, 0) is 50.4 Å². The molecule has 0 unspecified atom stereocenters. The SMILES string of the molecule is CC(C)[C@H](C)NC(=O)C1CCN(Cc2cccc(C(F)(F)F)c2)CC1. The third kappa shape index (κ3) is 5.73. The van der Waals surface area contributed by atoms with Crippen molar-refractivity contribution in [3.8, 4) is 0 Å². The predicted octanol–water partition coefficient (Wildman–Crippen LogP) is 4.08. The fourth-order valence-electron chi connectivity index (χ4n) is 2.97. The summed E-state index contributed by atoms with van der Waals surface area (Å²) in [5.41, 5.74) is 0.0492. The Balaban J connectivity index is 1.86. The van der Waals surface area contributed by atoms with E-state index in [-0.39, 0.29) is 17.9 Å². The summed E-state index contributed by atoms with van der Waals surface area (Å²) in [6.45, 7) is 8.09. The molecule has 1 N–H and O–H groups in total. The highest BCUT2D eigenvalue weighted by Gasteiger charge is 2.31. The predicted molar refractivity (Wildman–Crippen MR) is 91.9 cm³/mol. The molecule has 1 aliphatic heterocycles. The maximum atomic E-state index is 12.8. The second-order valence-electron chi connectivity index (χ2n) is 7.29. The van der Waals surface area contributed by atoms with Gasteiger partial charge in [0.15, 0.2) is 0 Å². The van der Waals surface area contributed by atoms with Gasteiger partial charge in [0.25, 0.3) is 0 Å². The van der Waals surface area contributed by atoms with Crippen molar-refractivity contribution in [3.05, 3.63) is 35.4 Å². The average Bonchev–Trinajstić information content (AvgIpc) is 2.54. The molecule has 3 nitrogen and oxygen atoms in total. The van der Waals surface area contributed by atoms with Crippen LogP contribution in [0.25, 0.3) is 0 Å². The highest BCUT2D eigenvalue weighted by Crippen LogP contribution is 2.30. The number of amides is 1. The van der Waals surface area contributed by atoms with Crippen LogP contribution in [0.15, 0.2) is 24.3 Å². The fourth-order valence-corrected chi connectivity index (χ4v) is 2.97. The first-order chi connectivity index (χ1) is 11.7. The summed E-state index contributed by atoms with van der Waals surface area (Å²) < 4.78 is 38.4. The van der Waals surface area contributed by atoms with Crippen LogP contribution in [0.1, 0.15) is 44.7 Å². The first kappa shape index (κ1) is 19.8. The first-order valence-electron chi connectivity index (χ1n) is 8.85. The molecule has 1 aromatic carbocycles. The third-order valence-electron chi connectivity index (χ3n) is 4.99. The molecule has 25 heavy (non-hydrogen) atoms. The van der Waals surface area contributed by atoms with E-state index in [9.17, 15) is 18.0 Å². The summed E-state index contributed by atoms with van der Waals surface area (Å²) in [6, 6.07) is 5.62. The number of nitrogens with zero attached hydrogens (tertiary/aromatic N) is 1. The van der Waals surface area contributed by atoms with Crippen LogP contribution >= 0.6 is 0 Å². The van der Waals surface area contributed by atoms with Crippen molar-refractivity contribution in [2.24, 2.45) is 11.8 Å². The number of likely N-dealkylation sites (tertiary alicyclic amines) is 1. The molecule has 0 bridgehead atoms. The molecule has 1 heterocycles. The Hall–Kier alpha value is -1.56. The van der Waals surface area contributed by atoms with Crippen LogP contribution in [0, 0.1) is 11.8 Å².